The third-order valence-corrected chi connectivity index (χ3v) is 4.22. The van der Waals surface area contributed by atoms with Gasteiger partial charge < -0.3 is 10.6 Å². The van der Waals surface area contributed by atoms with Crippen LogP contribution in [0.25, 0.3) is 0 Å². The van der Waals surface area contributed by atoms with Crippen molar-refractivity contribution in [3.8, 4) is 0 Å². The number of rotatable bonds is 4. The fourth-order valence-corrected chi connectivity index (χ4v) is 2.96. The molecule has 1 aliphatic rings. The number of amides is 1. The van der Waals surface area contributed by atoms with E-state index in [1.165, 1.54) is 17.5 Å². The summed E-state index contributed by atoms with van der Waals surface area (Å²) >= 11 is 0. The van der Waals surface area contributed by atoms with Crippen LogP contribution in [0.3, 0.4) is 0 Å². The molecule has 3 heteroatoms. The summed E-state index contributed by atoms with van der Waals surface area (Å²) in [7, 11) is 0. The normalized spacial score (nSPS) is 20.8. The zero-order valence-corrected chi connectivity index (χ0v) is 12.6. The van der Waals surface area contributed by atoms with Gasteiger partial charge in [0.1, 0.15) is 0 Å². The van der Waals surface area contributed by atoms with Gasteiger partial charge in [-0.05, 0) is 45.1 Å². The zero-order chi connectivity index (χ0) is 14.5. The quantitative estimate of drug-likeness (QED) is 0.917. The summed E-state index contributed by atoms with van der Waals surface area (Å²) in [5.74, 6) is 0.257. The summed E-state index contributed by atoms with van der Waals surface area (Å²) in [5.41, 5.74) is 8.52. The van der Waals surface area contributed by atoms with Gasteiger partial charge in [-0.3, -0.25) is 4.79 Å². The summed E-state index contributed by atoms with van der Waals surface area (Å²) in [6.07, 6.45) is 4.76. The number of likely N-dealkylation sites (tertiary alicyclic amines) is 1. The van der Waals surface area contributed by atoms with Gasteiger partial charge in [-0.25, -0.2) is 0 Å². The van der Waals surface area contributed by atoms with Gasteiger partial charge in [-0.1, -0.05) is 29.8 Å². The minimum Gasteiger partial charge on any atom is -0.338 e. The summed E-state index contributed by atoms with van der Waals surface area (Å²) in [6.45, 7) is 4.96. The first-order valence-electron chi connectivity index (χ1n) is 7.68. The van der Waals surface area contributed by atoms with Crippen molar-refractivity contribution in [2.24, 2.45) is 5.73 Å². The van der Waals surface area contributed by atoms with E-state index >= 15 is 0 Å². The number of carbonyl (C=O) groups excluding carboxylic acids is 1. The number of carbonyl (C=O) groups is 1. The highest BCUT2D eigenvalue weighted by atomic mass is 16.2. The number of benzene rings is 1. The molecule has 110 valence electrons. The maximum Gasteiger partial charge on any atom is 0.223 e. The molecular formula is C17H26N2O. The molecule has 2 rings (SSSR count). The monoisotopic (exact) mass is 274 g/mol. The first-order valence-corrected chi connectivity index (χ1v) is 7.68. The van der Waals surface area contributed by atoms with Crippen molar-refractivity contribution in [1.29, 1.82) is 0 Å². The van der Waals surface area contributed by atoms with Crippen LogP contribution in [0.15, 0.2) is 24.3 Å². The lowest BCUT2D eigenvalue weighted by atomic mass is 9.96. The van der Waals surface area contributed by atoms with Crippen LogP contribution in [0.1, 0.15) is 43.7 Å². The lowest BCUT2D eigenvalue weighted by molar-refractivity contribution is -0.135. The minimum atomic E-state index is 0.0682. The molecule has 2 atom stereocenters. The average Bonchev–Trinajstić information content (AvgIpc) is 2.46. The van der Waals surface area contributed by atoms with Gasteiger partial charge in [0.2, 0.25) is 5.91 Å². The molecule has 1 amide bonds. The highest BCUT2D eigenvalue weighted by molar-refractivity contribution is 5.77. The zero-order valence-electron chi connectivity index (χ0n) is 12.6. The molecule has 0 radical (unpaired) electrons. The Morgan fingerprint density at radius 3 is 2.70 bits per heavy atom. The first kappa shape index (κ1) is 15.0. The van der Waals surface area contributed by atoms with Gasteiger partial charge in [0.25, 0.3) is 0 Å². The van der Waals surface area contributed by atoms with E-state index in [4.69, 9.17) is 5.73 Å². The smallest absolute Gasteiger partial charge is 0.223 e. The van der Waals surface area contributed by atoms with Crippen molar-refractivity contribution in [2.45, 2.75) is 58.0 Å². The number of hydrogen-bond acceptors (Lipinski definition) is 2. The molecule has 0 saturated carbocycles. The van der Waals surface area contributed by atoms with Crippen LogP contribution in [-0.2, 0) is 11.2 Å². The van der Waals surface area contributed by atoms with E-state index in [9.17, 15) is 4.79 Å². The summed E-state index contributed by atoms with van der Waals surface area (Å²) in [4.78, 5) is 14.4. The fourth-order valence-electron chi connectivity index (χ4n) is 2.96. The molecule has 1 fully saturated rings. The van der Waals surface area contributed by atoms with Crippen LogP contribution in [0.4, 0.5) is 0 Å². The highest BCUT2D eigenvalue weighted by Crippen LogP contribution is 2.20. The van der Waals surface area contributed by atoms with Gasteiger partial charge in [0.05, 0.1) is 0 Å². The Morgan fingerprint density at radius 1 is 1.35 bits per heavy atom. The molecule has 3 nitrogen and oxygen atoms in total. The number of nitrogens with two attached hydrogens (primary N) is 1. The van der Waals surface area contributed by atoms with Crippen LogP contribution < -0.4 is 5.73 Å². The predicted octanol–water partition coefficient (Wildman–Crippen LogP) is 2.66. The molecule has 1 heterocycles. The van der Waals surface area contributed by atoms with E-state index in [0.717, 1.165) is 25.8 Å². The van der Waals surface area contributed by atoms with Crippen molar-refractivity contribution in [3.63, 3.8) is 0 Å². The SMILES string of the molecule is Cc1ccc(CCC(=O)N2CCCCC2C(C)N)cc1. The van der Waals surface area contributed by atoms with Gasteiger partial charge in [-0.15, -0.1) is 0 Å². The van der Waals surface area contributed by atoms with E-state index < -0.39 is 0 Å². The molecule has 1 aromatic carbocycles. The van der Waals surface area contributed by atoms with Crippen molar-refractivity contribution in [1.82, 2.24) is 4.90 Å². The average molecular weight is 274 g/mol. The third-order valence-electron chi connectivity index (χ3n) is 4.22. The molecule has 0 aliphatic carbocycles. The second-order valence-electron chi connectivity index (χ2n) is 5.99. The van der Waals surface area contributed by atoms with Crippen molar-refractivity contribution < 1.29 is 4.79 Å². The van der Waals surface area contributed by atoms with Gasteiger partial charge >= 0.3 is 0 Å². The Bertz CT molecular complexity index is 439. The lowest BCUT2D eigenvalue weighted by Crippen LogP contribution is -2.51. The highest BCUT2D eigenvalue weighted by Gasteiger charge is 2.28. The van der Waals surface area contributed by atoms with Crippen molar-refractivity contribution in [2.75, 3.05) is 6.54 Å². The number of piperidine rings is 1. The van der Waals surface area contributed by atoms with E-state index in [1.54, 1.807) is 0 Å². The van der Waals surface area contributed by atoms with E-state index in [1.807, 2.05) is 11.8 Å². The second-order valence-corrected chi connectivity index (χ2v) is 5.99. The summed E-state index contributed by atoms with van der Waals surface area (Å²) in [5, 5.41) is 0. The maximum atomic E-state index is 12.4. The van der Waals surface area contributed by atoms with Gasteiger partial charge in [0.15, 0.2) is 0 Å². The molecule has 1 saturated heterocycles. The number of hydrogen-bond donors (Lipinski definition) is 1. The number of aryl methyl sites for hydroxylation is 2. The largest absolute Gasteiger partial charge is 0.338 e. The van der Waals surface area contributed by atoms with Gasteiger partial charge in [0, 0.05) is 25.0 Å². The lowest BCUT2D eigenvalue weighted by Gasteiger charge is -2.38. The molecule has 0 aromatic heterocycles. The molecule has 1 aliphatic heterocycles. The molecular weight excluding hydrogens is 248 g/mol. The Labute approximate surface area is 122 Å². The van der Waals surface area contributed by atoms with Crippen molar-refractivity contribution in [3.05, 3.63) is 35.4 Å². The Morgan fingerprint density at radius 2 is 2.05 bits per heavy atom. The van der Waals surface area contributed by atoms with E-state index in [0.29, 0.717) is 6.42 Å². The first-order chi connectivity index (χ1) is 9.58. The minimum absolute atomic E-state index is 0.0682. The maximum absolute atomic E-state index is 12.4. The Balaban J connectivity index is 1.91. The van der Waals surface area contributed by atoms with Crippen LogP contribution in [-0.4, -0.2) is 29.4 Å². The van der Waals surface area contributed by atoms with E-state index in [-0.39, 0.29) is 18.0 Å². The molecule has 20 heavy (non-hydrogen) atoms. The molecule has 0 bridgehead atoms. The van der Waals surface area contributed by atoms with Crippen LogP contribution in [0, 0.1) is 6.92 Å². The third kappa shape index (κ3) is 3.83. The van der Waals surface area contributed by atoms with Crippen LogP contribution in [0.2, 0.25) is 0 Å². The standard InChI is InChI=1S/C17H26N2O/c1-13-6-8-15(9-7-13)10-11-17(20)19-12-4-3-5-16(19)14(2)18/h6-9,14,16H,3-5,10-12,18H2,1-2H3. The Kier molecular flexibility index (Phi) is 5.18. The summed E-state index contributed by atoms with van der Waals surface area (Å²) in [6, 6.07) is 8.73. The Hall–Kier alpha value is -1.35. The van der Waals surface area contributed by atoms with Gasteiger partial charge in [-0.2, -0.15) is 0 Å². The molecule has 1 aromatic rings. The molecule has 2 unspecified atom stereocenters. The second kappa shape index (κ2) is 6.89. The fraction of sp³-hybridized carbons (Fsp3) is 0.588. The predicted molar refractivity (Wildman–Crippen MR) is 82.5 cm³/mol. The molecule has 0 spiro atoms. The topological polar surface area (TPSA) is 46.3 Å². The van der Waals surface area contributed by atoms with Crippen molar-refractivity contribution >= 4 is 5.91 Å². The number of nitrogens with zero attached hydrogens (tertiary/aromatic N) is 1. The van der Waals surface area contributed by atoms with E-state index in [2.05, 4.69) is 31.2 Å². The summed E-state index contributed by atoms with van der Waals surface area (Å²) < 4.78 is 0. The van der Waals surface area contributed by atoms with Crippen LogP contribution >= 0.6 is 0 Å². The van der Waals surface area contributed by atoms with Crippen LogP contribution in [0.5, 0.6) is 0 Å². The molecule has 2 N–H and O–H groups in total.